The fourth-order valence-corrected chi connectivity index (χ4v) is 4.00. The lowest BCUT2D eigenvalue weighted by molar-refractivity contribution is 0.0735. The first-order valence-electron chi connectivity index (χ1n) is 8.16. The van der Waals surface area contributed by atoms with Gasteiger partial charge in [0.1, 0.15) is 16.4 Å². The van der Waals surface area contributed by atoms with E-state index in [1.54, 1.807) is 41.7 Å². The highest BCUT2D eigenvalue weighted by Gasteiger charge is 2.32. The summed E-state index contributed by atoms with van der Waals surface area (Å²) in [4.78, 5) is 19.3. The Morgan fingerprint density at radius 1 is 1.36 bits per heavy atom. The molecule has 1 amide bonds. The Morgan fingerprint density at radius 3 is 3.04 bits per heavy atom. The van der Waals surface area contributed by atoms with Crippen LogP contribution in [0, 0.1) is 0 Å². The van der Waals surface area contributed by atoms with Crippen LogP contribution in [0.2, 0.25) is 0 Å². The fourth-order valence-electron chi connectivity index (χ4n) is 3.22. The van der Waals surface area contributed by atoms with Crippen molar-refractivity contribution >= 4 is 17.2 Å². The summed E-state index contributed by atoms with van der Waals surface area (Å²) in [5, 5.41) is 7.31. The van der Waals surface area contributed by atoms with Crippen LogP contribution < -0.4 is 4.74 Å². The summed E-state index contributed by atoms with van der Waals surface area (Å²) in [5.41, 5.74) is 1.39. The van der Waals surface area contributed by atoms with E-state index in [9.17, 15) is 4.79 Å². The number of aromatic nitrogens is 3. The van der Waals surface area contributed by atoms with Crippen LogP contribution in [0.4, 0.5) is 0 Å². The Balaban J connectivity index is 1.60. The first-order valence-corrected chi connectivity index (χ1v) is 9.04. The van der Waals surface area contributed by atoms with E-state index in [1.807, 2.05) is 34.5 Å². The highest BCUT2D eigenvalue weighted by Crippen LogP contribution is 2.34. The number of thiazole rings is 1. The molecule has 0 saturated carbocycles. The van der Waals surface area contributed by atoms with Gasteiger partial charge < -0.3 is 9.64 Å². The third-order valence-corrected chi connectivity index (χ3v) is 5.29. The van der Waals surface area contributed by atoms with E-state index in [2.05, 4.69) is 10.1 Å². The smallest absolute Gasteiger partial charge is 0.257 e. The van der Waals surface area contributed by atoms with Gasteiger partial charge >= 0.3 is 0 Å². The molecule has 1 aliphatic rings. The maximum atomic E-state index is 13.0. The fraction of sp³-hybridized carbons (Fsp3) is 0.278. The summed E-state index contributed by atoms with van der Waals surface area (Å²) in [5.74, 6) is 0.713. The predicted molar refractivity (Wildman–Crippen MR) is 95.2 cm³/mol. The van der Waals surface area contributed by atoms with Crippen LogP contribution in [0.3, 0.4) is 0 Å². The van der Waals surface area contributed by atoms with E-state index >= 15 is 0 Å². The van der Waals surface area contributed by atoms with Crippen LogP contribution in [-0.2, 0) is 0 Å². The third kappa shape index (κ3) is 2.91. The van der Waals surface area contributed by atoms with Crippen LogP contribution in [0.1, 0.15) is 34.2 Å². The van der Waals surface area contributed by atoms with E-state index in [4.69, 9.17) is 4.74 Å². The van der Waals surface area contributed by atoms with Crippen LogP contribution in [-0.4, -0.2) is 39.2 Å². The molecular formula is C18H18N4O2S. The van der Waals surface area contributed by atoms with Crippen molar-refractivity contribution in [3.8, 4) is 11.4 Å². The minimum absolute atomic E-state index is 0.00107. The Bertz CT molecular complexity index is 875. The van der Waals surface area contributed by atoms with Crippen molar-refractivity contribution in [2.75, 3.05) is 13.7 Å². The molecule has 6 nitrogen and oxygen atoms in total. The number of hydrogen-bond acceptors (Lipinski definition) is 5. The standard InChI is InChI=1S/C18H18N4O2S/c1-24-16-7-3-2-5-14(16)22-12-13(11-20-22)18(23)21-9-4-6-15(21)17-19-8-10-25-17/h2-3,5,7-8,10-12,15H,4,6,9H2,1H3/t15-/m1/s1. The van der Waals surface area contributed by atoms with E-state index < -0.39 is 0 Å². The molecule has 1 aliphatic heterocycles. The molecule has 7 heteroatoms. The Hall–Kier alpha value is -2.67. The van der Waals surface area contributed by atoms with Crippen molar-refractivity contribution in [3.63, 3.8) is 0 Å². The van der Waals surface area contributed by atoms with Crippen molar-refractivity contribution in [2.24, 2.45) is 0 Å². The number of likely N-dealkylation sites (tertiary alicyclic amines) is 1. The monoisotopic (exact) mass is 354 g/mol. The minimum atomic E-state index is -0.00107. The van der Waals surface area contributed by atoms with Gasteiger partial charge in [-0.05, 0) is 25.0 Å². The topological polar surface area (TPSA) is 60.2 Å². The quantitative estimate of drug-likeness (QED) is 0.721. The molecule has 2 aromatic heterocycles. The van der Waals surface area contributed by atoms with Gasteiger partial charge in [0, 0.05) is 24.3 Å². The number of nitrogens with zero attached hydrogens (tertiary/aromatic N) is 4. The Kier molecular flexibility index (Phi) is 4.23. The third-order valence-electron chi connectivity index (χ3n) is 4.41. The first kappa shape index (κ1) is 15.8. The average Bonchev–Trinajstić information content (AvgIpc) is 3.41. The second-order valence-corrected chi connectivity index (χ2v) is 6.80. The maximum absolute atomic E-state index is 13.0. The lowest BCUT2D eigenvalue weighted by atomic mass is 10.2. The molecule has 25 heavy (non-hydrogen) atoms. The number of carbonyl (C=O) groups is 1. The highest BCUT2D eigenvalue weighted by molar-refractivity contribution is 7.09. The van der Waals surface area contributed by atoms with Crippen LogP contribution >= 0.6 is 11.3 Å². The van der Waals surface area contributed by atoms with Gasteiger partial charge in [-0.3, -0.25) is 4.79 Å². The van der Waals surface area contributed by atoms with Gasteiger partial charge in [-0.2, -0.15) is 5.10 Å². The second-order valence-electron chi connectivity index (χ2n) is 5.87. The molecule has 0 unspecified atom stereocenters. The van der Waals surface area contributed by atoms with Crippen molar-refractivity contribution in [1.82, 2.24) is 19.7 Å². The molecule has 128 valence electrons. The van der Waals surface area contributed by atoms with Gasteiger partial charge in [-0.15, -0.1) is 11.3 Å². The van der Waals surface area contributed by atoms with Gasteiger partial charge in [0.15, 0.2) is 0 Å². The number of benzene rings is 1. The number of hydrogen-bond donors (Lipinski definition) is 0. The van der Waals surface area contributed by atoms with Gasteiger partial charge in [-0.1, -0.05) is 12.1 Å². The summed E-state index contributed by atoms with van der Waals surface area (Å²) in [6.07, 6.45) is 7.13. The van der Waals surface area contributed by atoms with Gasteiger partial charge in [-0.25, -0.2) is 9.67 Å². The molecular weight excluding hydrogens is 336 g/mol. The molecule has 0 bridgehead atoms. The van der Waals surface area contributed by atoms with Crippen molar-refractivity contribution in [2.45, 2.75) is 18.9 Å². The van der Waals surface area contributed by atoms with Gasteiger partial charge in [0.25, 0.3) is 5.91 Å². The number of para-hydroxylation sites is 2. The summed E-state index contributed by atoms with van der Waals surface area (Å²) < 4.78 is 7.05. The number of methoxy groups -OCH3 is 1. The Morgan fingerprint density at radius 2 is 2.24 bits per heavy atom. The molecule has 1 saturated heterocycles. The van der Waals surface area contributed by atoms with E-state index in [0.29, 0.717) is 11.3 Å². The lowest BCUT2D eigenvalue weighted by Gasteiger charge is -2.22. The summed E-state index contributed by atoms with van der Waals surface area (Å²) in [6.45, 7) is 0.753. The normalized spacial score (nSPS) is 17.0. The van der Waals surface area contributed by atoms with E-state index in [0.717, 1.165) is 30.1 Å². The van der Waals surface area contributed by atoms with E-state index in [-0.39, 0.29) is 11.9 Å². The molecule has 3 heterocycles. The zero-order valence-corrected chi connectivity index (χ0v) is 14.6. The second kappa shape index (κ2) is 6.68. The average molecular weight is 354 g/mol. The summed E-state index contributed by atoms with van der Waals surface area (Å²) in [7, 11) is 1.62. The number of carbonyl (C=O) groups excluding carboxylic acids is 1. The molecule has 0 radical (unpaired) electrons. The number of amides is 1. The highest BCUT2D eigenvalue weighted by atomic mass is 32.1. The summed E-state index contributed by atoms with van der Waals surface area (Å²) >= 11 is 1.60. The van der Waals surface area contributed by atoms with Gasteiger partial charge in [0.05, 0.1) is 24.9 Å². The zero-order chi connectivity index (χ0) is 17.2. The number of ether oxygens (including phenoxy) is 1. The molecule has 1 fully saturated rings. The molecule has 0 spiro atoms. The van der Waals surface area contributed by atoms with E-state index in [1.165, 1.54) is 0 Å². The van der Waals surface area contributed by atoms with Crippen molar-refractivity contribution in [1.29, 1.82) is 0 Å². The van der Waals surface area contributed by atoms with Crippen LogP contribution in [0.25, 0.3) is 5.69 Å². The lowest BCUT2D eigenvalue weighted by Crippen LogP contribution is -2.30. The van der Waals surface area contributed by atoms with Crippen LogP contribution in [0.15, 0.2) is 48.2 Å². The van der Waals surface area contributed by atoms with Crippen molar-refractivity contribution < 1.29 is 9.53 Å². The SMILES string of the molecule is COc1ccccc1-n1cc(C(=O)N2CCC[C@@H]2c2nccs2)cn1. The Labute approximate surface area is 149 Å². The maximum Gasteiger partial charge on any atom is 0.257 e. The molecule has 0 aliphatic carbocycles. The minimum Gasteiger partial charge on any atom is -0.494 e. The molecule has 0 N–H and O–H groups in total. The molecule has 1 atom stereocenters. The molecule has 4 rings (SSSR count). The molecule has 3 aromatic rings. The van der Waals surface area contributed by atoms with Crippen LogP contribution in [0.5, 0.6) is 5.75 Å². The summed E-state index contributed by atoms with van der Waals surface area (Å²) in [6, 6.07) is 7.68. The zero-order valence-electron chi connectivity index (χ0n) is 13.8. The molecule has 1 aromatic carbocycles. The largest absolute Gasteiger partial charge is 0.494 e. The van der Waals surface area contributed by atoms with Gasteiger partial charge in [0.2, 0.25) is 0 Å². The first-order chi connectivity index (χ1) is 12.3. The van der Waals surface area contributed by atoms with Crippen molar-refractivity contribution in [3.05, 3.63) is 58.8 Å². The number of rotatable bonds is 4. The predicted octanol–water partition coefficient (Wildman–Crippen LogP) is 3.31.